The molecule has 1 aromatic rings. The predicted octanol–water partition coefficient (Wildman–Crippen LogP) is 2.24. The molecule has 0 amide bonds. The summed E-state index contributed by atoms with van der Waals surface area (Å²) in [5.74, 6) is 0.736. The Morgan fingerprint density at radius 3 is 2.56 bits per heavy atom. The number of anilines is 1. The number of esters is 1. The van der Waals surface area contributed by atoms with Gasteiger partial charge in [0.25, 0.3) is 0 Å². The molecule has 18 heavy (non-hydrogen) atoms. The molecule has 2 aliphatic rings. The first-order valence-corrected chi connectivity index (χ1v) is 6.68. The van der Waals surface area contributed by atoms with Gasteiger partial charge in [0, 0.05) is 5.56 Å². The number of hydrogen-bond donors (Lipinski definition) is 1. The molecule has 5 heteroatoms. The number of nitrogen functional groups attached to an aromatic ring is 1. The fourth-order valence-electron chi connectivity index (χ4n) is 2.91. The van der Waals surface area contributed by atoms with E-state index >= 15 is 0 Å². The molecule has 2 fully saturated rings. The highest BCUT2D eigenvalue weighted by molar-refractivity contribution is 5.90. The Kier molecular flexibility index (Phi) is 2.76. The molecule has 1 heterocycles. The Labute approximate surface area is 106 Å². The van der Waals surface area contributed by atoms with Crippen molar-refractivity contribution < 1.29 is 9.53 Å². The number of aromatic nitrogens is 2. The maximum Gasteiger partial charge on any atom is 0.358 e. The van der Waals surface area contributed by atoms with Crippen molar-refractivity contribution in [1.82, 2.24) is 9.78 Å². The number of carbonyl (C=O) groups excluding carboxylic acids is 1. The summed E-state index contributed by atoms with van der Waals surface area (Å²) < 4.78 is 6.68. The van der Waals surface area contributed by atoms with Gasteiger partial charge in [0.05, 0.1) is 13.2 Å². The Morgan fingerprint density at radius 2 is 2.00 bits per heavy atom. The predicted molar refractivity (Wildman–Crippen MR) is 67.5 cm³/mol. The normalized spacial score (nSPS) is 20.3. The number of nitrogens with two attached hydrogens (primary N) is 1. The first kappa shape index (κ1) is 11.6. The molecular weight excluding hydrogens is 230 g/mol. The van der Waals surface area contributed by atoms with E-state index in [1.54, 1.807) is 0 Å². The minimum atomic E-state index is -0.361. The third-order valence-corrected chi connectivity index (χ3v) is 4.02. The molecule has 5 nitrogen and oxygen atoms in total. The minimum absolute atomic E-state index is 0.361. The van der Waals surface area contributed by atoms with Crippen LogP contribution in [0.25, 0.3) is 0 Å². The van der Waals surface area contributed by atoms with Crippen molar-refractivity contribution >= 4 is 11.8 Å². The van der Waals surface area contributed by atoms with Crippen molar-refractivity contribution in [2.45, 2.75) is 50.5 Å². The van der Waals surface area contributed by atoms with Crippen LogP contribution < -0.4 is 5.73 Å². The minimum Gasteiger partial charge on any atom is -0.464 e. The van der Waals surface area contributed by atoms with Crippen molar-refractivity contribution in [1.29, 1.82) is 0 Å². The summed E-state index contributed by atoms with van der Waals surface area (Å²) in [6.45, 7) is 0. The molecule has 0 radical (unpaired) electrons. The van der Waals surface area contributed by atoms with Crippen molar-refractivity contribution in [3.63, 3.8) is 0 Å². The smallest absolute Gasteiger partial charge is 0.358 e. The number of rotatable bonds is 3. The van der Waals surface area contributed by atoms with Crippen molar-refractivity contribution in [2.24, 2.45) is 0 Å². The van der Waals surface area contributed by atoms with Gasteiger partial charge in [-0.05, 0) is 31.6 Å². The number of hydrogen-bond acceptors (Lipinski definition) is 4. The van der Waals surface area contributed by atoms with E-state index in [0.29, 0.717) is 23.5 Å². The van der Waals surface area contributed by atoms with Crippen LogP contribution in [0, 0.1) is 0 Å². The van der Waals surface area contributed by atoms with E-state index < -0.39 is 0 Å². The third-order valence-electron chi connectivity index (χ3n) is 4.02. The molecule has 0 aliphatic heterocycles. The zero-order valence-corrected chi connectivity index (χ0v) is 10.7. The van der Waals surface area contributed by atoms with E-state index in [1.807, 2.05) is 4.68 Å². The summed E-state index contributed by atoms with van der Waals surface area (Å²) in [4.78, 5) is 11.8. The molecular formula is C13H19N3O2. The molecule has 0 atom stereocenters. The summed E-state index contributed by atoms with van der Waals surface area (Å²) in [5, 5.41) is 4.44. The van der Waals surface area contributed by atoms with Gasteiger partial charge in [0.2, 0.25) is 0 Å². The van der Waals surface area contributed by atoms with E-state index in [2.05, 4.69) is 5.10 Å². The molecule has 0 aromatic carbocycles. The molecule has 0 unspecified atom stereocenters. The highest BCUT2D eigenvalue weighted by atomic mass is 16.5. The van der Waals surface area contributed by atoms with Crippen LogP contribution in [0.1, 0.15) is 66.5 Å². The number of carbonyl (C=O) groups is 1. The van der Waals surface area contributed by atoms with Crippen molar-refractivity contribution in [2.75, 3.05) is 12.8 Å². The van der Waals surface area contributed by atoms with Gasteiger partial charge in [-0.2, -0.15) is 5.10 Å². The molecule has 2 saturated carbocycles. The number of methoxy groups -OCH3 is 1. The highest BCUT2D eigenvalue weighted by Gasteiger charge is 2.36. The lowest BCUT2D eigenvalue weighted by Crippen LogP contribution is -2.11. The first-order valence-electron chi connectivity index (χ1n) is 6.68. The van der Waals surface area contributed by atoms with Gasteiger partial charge in [-0.1, -0.05) is 12.8 Å². The SMILES string of the molecule is COC(=O)c1nn(C2CCCC2)c(N)c1C1CC1. The summed E-state index contributed by atoms with van der Waals surface area (Å²) >= 11 is 0. The van der Waals surface area contributed by atoms with Crippen LogP contribution in [0.3, 0.4) is 0 Å². The van der Waals surface area contributed by atoms with Crippen LogP contribution >= 0.6 is 0 Å². The van der Waals surface area contributed by atoms with Gasteiger partial charge in [-0.25, -0.2) is 9.48 Å². The zero-order valence-electron chi connectivity index (χ0n) is 10.7. The van der Waals surface area contributed by atoms with Crippen molar-refractivity contribution in [3.05, 3.63) is 11.3 Å². The second kappa shape index (κ2) is 4.30. The summed E-state index contributed by atoms with van der Waals surface area (Å²) in [5.41, 5.74) is 7.57. The second-order valence-electron chi connectivity index (χ2n) is 5.30. The second-order valence-corrected chi connectivity index (χ2v) is 5.30. The molecule has 1 aromatic heterocycles. The molecule has 3 rings (SSSR count). The Bertz CT molecular complexity index is 471. The average Bonchev–Trinajstić information content (AvgIpc) is 2.94. The molecule has 2 N–H and O–H groups in total. The largest absolute Gasteiger partial charge is 0.464 e. The molecule has 0 spiro atoms. The van der Waals surface area contributed by atoms with Crippen molar-refractivity contribution in [3.8, 4) is 0 Å². The standard InChI is InChI=1S/C13H19N3O2/c1-18-13(17)11-10(8-6-7-8)12(14)16(15-11)9-4-2-3-5-9/h8-9H,2-7,14H2,1H3. The first-order chi connectivity index (χ1) is 8.72. The van der Waals surface area contributed by atoms with E-state index in [4.69, 9.17) is 10.5 Å². The molecule has 0 saturated heterocycles. The van der Waals surface area contributed by atoms with Gasteiger partial charge in [0.15, 0.2) is 5.69 Å². The summed E-state index contributed by atoms with van der Waals surface area (Å²) in [7, 11) is 1.39. The Balaban J connectivity index is 2.02. The van der Waals surface area contributed by atoms with E-state index in [0.717, 1.165) is 31.2 Å². The highest BCUT2D eigenvalue weighted by Crippen LogP contribution is 2.46. The van der Waals surface area contributed by atoms with Gasteiger partial charge in [-0.15, -0.1) is 0 Å². The third kappa shape index (κ3) is 1.78. The van der Waals surface area contributed by atoms with E-state index in [-0.39, 0.29) is 5.97 Å². The van der Waals surface area contributed by atoms with Crippen LogP contribution in [0.2, 0.25) is 0 Å². The van der Waals surface area contributed by atoms with Gasteiger partial charge in [-0.3, -0.25) is 0 Å². The summed E-state index contributed by atoms with van der Waals surface area (Å²) in [6.07, 6.45) is 6.86. The number of ether oxygens (including phenoxy) is 1. The zero-order chi connectivity index (χ0) is 12.7. The van der Waals surface area contributed by atoms with Gasteiger partial charge in [0.1, 0.15) is 5.82 Å². The average molecular weight is 249 g/mol. The van der Waals surface area contributed by atoms with Crippen LogP contribution in [-0.4, -0.2) is 22.9 Å². The molecule has 98 valence electrons. The van der Waals surface area contributed by atoms with E-state index in [1.165, 1.54) is 20.0 Å². The molecule has 0 bridgehead atoms. The maximum absolute atomic E-state index is 11.8. The fourth-order valence-corrected chi connectivity index (χ4v) is 2.91. The lowest BCUT2D eigenvalue weighted by atomic mass is 10.1. The summed E-state index contributed by atoms with van der Waals surface area (Å²) in [6, 6.07) is 0.362. The lowest BCUT2D eigenvalue weighted by Gasteiger charge is -2.11. The monoisotopic (exact) mass is 249 g/mol. The van der Waals surface area contributed by atoms with Crippen LogP contribution in [0.15, 0.2) is 0 Å². The Morgan fingerprint density at radius 1 is 1.33 bits per heavy atom. The van der Waals surface area contributed by atoms with Crippen LogP contribution in [-0.2, 0) is 4.74 Å². The van der Waals surface area contributed by atoms with Crippen LogP contribution in [0.5, 0.6) is 0 Å². The lowest BCUT2D eigenvalue weighted by molar-refractivity contribution is 0.0591. The quantitative estimate of drug-likeness (QED) is 0.834. The van der Waals surface area contributed by atoms with Gasteiger partial charge >= 0.3 is 5.97 Å². The molecule has 2 aliphatic carbocycles. The van der Waals surface area contributed by atoms with E-state index in [9.17, 15) is 4.79 Å². The Hall–Kier alpha value is -1.52. The number of nitrogens with zero attached hydrogens (tertiary/aromatic N) is 2. The maximum atomic E-state index is 11.8. The fraction of sp³-hybridized carbons (Fsp3) is 0.692. The topological polar surface area (TPSA) is 70.1 Å². The van der Waals surface area contributed by atoms with Gasteiger partial charge < -0.3 is 10.5 Å². The van der Waals surface area contributed by atoms with Crippen LogP contribution in [0.4, 0.5) is 5.82 Å².